The van der Waals surface area contributed by atoms with Gasteiger partial charge in [-0.25, -0.2) is 0 Å². The Morgan fingerprint density at radius 1 is 0.903 bits per heavy atom. The van der Waals surface area contributed by atoms with Crippen molar-refractivity contribution in [3.05, 3.63) is 106 Å². The van der Waals surface area contributed by atoms with Crippen LogP contribution in [0.4, 0.5) is 0 Å². The Balaban J connectivity index is 1.38. The van der Waals surface area contributed by atoms with Crippen molar-refractivity contribution in [3.8, 4) is 0 Å². The van der Waals surface area contributed by atoms with Crippen LogP contribution in [0.3, 0.4) is 0 Å². The highest BCUT2D eigenvalue weighted by molar-refractivity contribution is 6.35. The second-order valence-electron chi connectivity index (χ2n) is 8.05. The van der Waals surface area contributed by atoms with Crippen LogP contribution < -0.4 is 5.32 Å². The summed E-state index contributed by atoms with van der Waals surface area (Å²) in [6, 6.07) is 25.8. The minimum Gasteiger partial charge on any atom is -0.345 e. The van der Waals surface area contributed by atoms with Gasteiger partial charge >= 0.3 is 0 Å². The molecular formula is C26H26Cl2N2O. The fourth-order valence-electron chi connectivity index (χ4n) is 4.15. The summed E-state index contributed by atoms with van der Waals surface area (Å²) < 4.78 is 0. The van der Waals surface area contributed by atoms with Gasteiger partial charge in [0.25, 0.3) is 0 Å². The van der Waals surface area contributed by atoms with Gasteiger partial charge in [0, 0.05) is 22.5 Å². The minimum atomic E-state index is -0.138. The van der Waals surface area contributed by atoms with Crippen LogP contribution >= 0.6 is 23.2 Å². The Kier molecular flexibility index (Phi) is 7.29. The molecule has 1 saturated heterocycles. The number of piperidine rings is 1. The second kappa shape index (κ2) is 10.3. The molecule has 1 fully saturated rings. The van der Waals surface area contributed by atoms with Gasteiger partial charge in [0.15, 0.2) is 0 Å². The van der Waals surface area contributed by atoms with Gasteiger partial charge < -0.3 is 5.32 Å². The van der Waals surface area contributed by atoms with Crippen molar-refractivity contribution in [2.45, 2.75) is 25.4 Å². The van der Waals surface area contributed by atoms with Gasteiger partial charge in [0.05, 0.1) is 6.04 Å². The molecule has 0 bridgehead atoms. The van der Waals surface area contributed by atoms with Crippen molar-refractivity contribution in [2.24, 2.45) is 5.92 Å². The molecule has 3 aromatic carbocycles. The number of carbonyl (C=O) groups excluding carboxylic acids is 1. The SMILES string of the molecule is O=C(NC(c1ccccc1)c1ccccc1)C1CCN(Cc2ccc(Cl)cc2Cl)CC1. The smallest absolute Gasteiger partial charge is 0.223 e. The molecule has 0 aromatic heterocycles. The first-order valence-corrected chi connectivity index (χ1v) is 11.4. The predicted molar refractivity (Wildman–Crippen MR) is 127 cm³/mol. The van der Waals surface area contributed by atoms with E-state index in [1.165, 1.54) is 0 Å². The molecular weight excluding hydrogens is 427 g/mol. The summed E-state index contributed by atoms with van der Waals surface area (Å²) >= 11 is 12.3. The zero-order valence-corrected chi connectivity index (χ0v) is 18.8. The zero-order chi connectivity index (χ0) is 21.6. The molecule has 0 spiro atoms. The molecule has 1 aliphatic rings. The number of amides is 1. The number of likely N-dealkylation sites (tertiary alicyclic amines) is 1. The Hall–Kier alpha value is -2.33. The van der Waals surface area contributed by atoms with Crippen molar-refractivity contribution in [2.75, 3.05) is 13.1 Å². The first kappa shape index (κ1) is 21.9. The van der Waals surface area contributed by atoms with Crippen LogP contribution in [0, 0.1) is 5.92 Å². The third-order valence-electron chi connectivity index (χ3n) is 5.92. The summed E-state index contributed by atoms with van der Waals surface area (Å²) in [6.07, 6.45) is 1.68. The predicted octanol–water partition coefficient (Wildman–Crippen LogP) is 6.11. The average molecular weight is 453 g/mol. The molecule has 31 heavy (non-hydrogen) atoms. The molecule has 0 atom stereocenters. The molecule has 3 nitrogen and oxygen atoms in total. The van der Waals surface area contributed by atoms with Gasteiger partial charge in [-0.1, -0.05) is 89.9 Å². The highest BCUT2D eigenvalue weighted by atomic mass is 35.5. The van der Waals surface area contributed by atoms with E-state index in [9.17, 15) is 4.79 Å². The minimum absolute atomic E-state index is 0.0202. The number of rotatable bonds is 6. The lowest BCUT2D eigenvalue weighted by molar-refractivity contribution is -0.127. The summed E-state index contributed by atoms with van der Waals surface area (Å²) in [6.45, 7) is 2.53. The molecule has 5 heteroatoms. The lowest BCUT2D eigenvalue weighted by atomic mass is 9.93. The Morgan fingerprint density at radius 3 is 2.03 bits per heavy atom. The van der Waals surface area contributed by atoms with E-state index in [2.05, 4.69) is 34.5 Å². The normalized spacial score (nSPS) is 15.2. The van der Waals surface area contributed by atoms with Crippen LogP contribution in [-0.2, 0) is 11.3 Å². The number of hydrogen-bond acceptors (Lipinski definition) is 2. The molecule has 1 aliphatic heterocycles. The Bertz CT molecular complexity index is 963. The fourth-order valence-corrected chi connectivity index (χ4v) is 4.62. The Morgan fingerprint density at radius 2 is 1.48 bits per heavy atom. The van der Waals surface area contributed by atoms with Crippen molar-refractivity contribution in [1.29, 1.82) is 0 Å². The van der Waals surface area contributed by atoms with Gasteiger partial charge in [-0.05, 0) is 54.8 Å². The third kappa shape index (κ3) is 5.68. The number of halogens is 2. The third-order valence-corrected chi connectivity index (χ3v) is 6.51. The number of nitrogens with zero attached hydrogens (tertiary/aromatic N) is 1. The van der Waals surface area contributed by atoms with E-state index in [-0.39, 0.29) is 17.9 Å². The van der Waals surface area contributed by atoms with E-state index in [1.54, 1.807) is 6.07 Å². The zero-order valence-electron chi connectivity index (χ0n) is 17.3. The molecule has 1 N–H and O–H groups in total. The van der Waals surface area contributed by atoms with E-state index >= 15 is 0 Å². The molecule has 1 heterocycles. The van der Waals surface area contributed by atoms with Gasteiger partial charge in [-0.3, -0.25) is 9.69 Å². The van der Waals surface area contributed by atoms with Crippen molar-refractivity contribution < 1.29 is 4.79 Å². The highest BCUT2D eigenvalue weighted by Crippen LogP contribution is 2.27. The fraction of sp³-hybridized carbons (Fsp3) is 0.269. The first-order chi connectivity index (χ1) is 15.1. The molecule has 3 aromatic rings. The van der Waals surface area contributed by atoms with Crippen LogP contribution in [-0.4, -0.2) is 23.9 Å². The second-order valence-corrected chi connectivity index (χ2v) is 8.89. The molecule has 0 aliphatic carbocycles. The maximum absolute atomic E-state index is 13.1. The number of nitrogens with one attached hydrogen (secondary N) is 1. The maximum atomic E-state index is 13.1. The summed E-state index contributed by atoms with van der Waals surface area (Å²) in [5.74, 6) is 0.147. The van der Waals surface area contributed by atoms with Crippen LogP contribution in [0.25, 0.3) is 0 Å². The lowest BCUT2D eigenvalue weighted by Gasteiger charge is -2.32. The molecule has 1 amide bonds. The standard InChI is InChI=1S/C26H26Cl2N2O/c27-23-12-11-22(24(28)17-23)18-30-15-13-21(14-16-30)26(31)29-25(19-7-3-1-4-8-19)20-9-5-2-6-10-20/h1-12,17,21,25H,13-16,18H2,(H,29,31). The van der Waals surface area contributed by atoms with Crippen molar-refractivity contribution in [1.82, 2.24) is 10.2 Å². The van der Waals surface area contributed by atoms with Crippen molar-refractivity contribution >= 4 is 29.1 Å². The topological polar surface area (TPSA) is 32.3 Å². The number of benzene rings is 3. The van der Waals surface area contributed by atoms with E-state index in [4.69, 9.17) is 23.2 Å². The molecule has 0 radical (unpaired) electrons. The van der Waals surface area contributed by atoms with E-state index in [0.717, 1.165) is 49.2 Å². The van der Waals surface area contributed by atoms with Gasteiger partial charge in [0.2, 0.25) is 5.91 Å². The van der Waals surface area contributed by atoms with Crippen LogP contribution in [0.2, 0.25) is 10.0 Å². The van der Waals surface area contributed by atoms with E-state index in [1.807, 2.05) is 48.5 Å². The number of hydrogen-bond donors (Lipinski definition) is 1. The summed E-state index contributed by atoms with van der Waals surface area (Å²) in [4.78, 5) is 15.5. The van der Waals surface area contributed by atoms with E-state index in [0.29, 0.717) is 10.0 Å². The molecule has 0 unspecified atom stereocenters. The summed E-state index contributed by atoms with van der Waals surface area (Å²) in [7, 11) is 0. The molecule has 4 rings (SSSR count). The first-order valence-electron chi connectivity index (χ1n) is 10.7. The van der Waals surface area contributed by atoms with Crippen LogP contribution in [0.15, 0.2) is 78.9 Å². The Labute approximate surface area is 194 Å². The largest absolute Gasteiger partial charge is 0.345 e. The van der Waals surface area contributed by atoms with E-state index < -0.39 is 0 Å². The monoisotopic (exact) mass is 452 g/mol. The highest BCUT2D eigenvalue weighted by Gasteiger charge is 2.27. The summed E-state index contributed by atoms with van der Waals surface area (Å²) in [5.41, 5.74) is 3.26. The van der Waals surface area contributed by atoms with Crippen molar-refractivity contribution in [3.63, 3.8) is 0 Å². The van der Waals surface area contributed by atoms with Gasteiger partial charge in [-0.2, -0.15) is 0 Å². The number of carbonyl (C=O) groups is 1. The maximum Gasteiger partial charge on any atom is 0.223 e. The van der Waals surface area contributed by atoms with Crippen LogP contribution in [0.1, 0.15) is 35.6 Å². The molecule has 0 saturated carbocycles. The van der Waals surface area contributed by atoms with Crippen LogP contribution in [0.5, 0.6) is 0 Å². The molecule has 160 valence electrons. The van der Waals surface area contributed by atoms with Gasteiger partial charge in [0.1, 0.15) is 0 Å². The van der Waals surface area contributed by atoms with Gasteiger partial charge in [-0.15, -0.1) is 0 Å². The lowest BCUT2D eigenvalue weighted by Crippen LogP contribution is -2.41. The quantitative estimate of drug-likeness (QED) is 0.488. The summed E-state index contributed by atoms with van der Waals surface area (Å²) in [5, 5.41) is 4.65. The average Bonchev–Trinajstić information content (AvgIpc) is 2.81.